The lowest BCUT2D eigenvalue weighted by atomic mass is 9.57. The van der Waals surface area contributed by atoms with E-state index in [1.807, 2.05) is 0 Å². The van der Waals surface area contributed by atoms with Crippen LogP contribution in [0.2, 0.25) is 0 Å². The van der Waals surface area contributed by atoms with Gasteiger partial charge in [-0.25, -0.2) is 0 Å². The molecule has 1 aromatic heterocycles. The van der Waals surface area contributed by atoms with Gasteiger partial charge in [0.15, 0.2) is 7.28 Å². The highest BCUT2D eigenvalue weighted by atomic mass is 15.0. The first-order chi connectivity index (χ1) is 24.8. The van der Waals surface area contributed by atoms with E-state index in [2.05, 4.69) is 172 Å². The molecule has 1 N–H and O–H groups in total. The topological polar surface area (TPSA) is 17.0 Å². The molecule has 9 aromatic rings. The monoisotopic (exact) mass is 649 g/mol. The van der Waals surface area contributed by atoms with Crippen molar-refractivity contribution in [2.75, 3.05) is 5.32 Å². The zero-order chi connectivity index (χ0) is 34.0. The van der Waals surface area contributed by atoms with Crippen molar-refractivity contribution in [3.8, 4) is 16.8 Å². The number of nitrogens with one attached hydrogen (secondary N) is 1. The van der Waals surface area contributed by atoms with Gasteiger partial charge in [0.2, 0.25) is 0 Å². The Kier molecular flexibility index (Phi) is 4.99. The van der Waals surface area contributed by atoms with Crippen LogP contribution in [-0.4, -0.2) is 11.8 Å². The molecule has 0 saturated heterocycles. The summed E-state index contributed by atoms with van der Waals surface area (Å²) >= 11 is 0. The molecule has 0 bridgehead atoms. The summed E-state index contributed by atoms with van der Waals surface area (Å²) in [6.45, 7) is 9.60. The average Bonchev–Trinajstić information content (AvgIpc) is 3.51. The minimum absolute atomic E-state index is 0.145. The van der Waals surface area contributed by atoms with E-state index >= 15 is 0 Å². The molecule has 0 saturated carbocycles. The van der Waals surface area contributed by atoms with Gasteiger partial charge in [-0.3, -0.25) is 0 Å². The van der Waals surface area contributed by atoms with Crippen molar-refractivity contribution >= 4 is 83.7 Å². The third-order valence-electron chi connectivity index (χ3n) is 12.7. The van der Waals surface area contributed by atoms with Crippen molar-refractivity contribution in [3.63, 3.8) is 0 Å². The summed E-state index contributed by atoms with van der Waals surface area (Å²) in [5, 5.41) is 14.5. The fourth-order valence-corrected chi connectivity index (χ4v) is 10.3. The zero-order valence-corrected chi connectivity index (χ0v) is 29.1. The Balaban J connectivity index is 1.27. The number of rotatable bonds is 1. The van der Waals surface area contributed by atoms with Crippen molar-refractivity contribution in [2.24, 2.45) is 0 Å². The van der Waals surface area contributed by atoms with Gasteiger partial charge in [0.05, 0.1) is 11.2 Å². The fraction of sp³-hybridized carbons (Fsp3) is 0.125. The minimum atomic E-state index is -0.187. The maximum atomic E-state index is 4.03. The number of para-hydroxylation sites is 2. The van der Waals surface area contributed by atoms with Gasteiger partial charge in [0, 0.05) is 44.1 Å². The van der Waals surface area contributed by atoms with Crippen LogP contribution in [0.3, 0.4) is 0 Å². The van der Waals surface area contributed by atoms with Gasteiger partial charge in [-0.2, -0.15) is 0 Å². The van der Waals surface area contributed by atoms with Crippen molar-refractivity contribution in [2.45, 2.75) is 38.5 Å². The maximum absolute atomic E-state index is 4.03. The van der Waals surface area contributed by atoms with E-state index in [4.69, 9.17) is 0 Å². The van der Waals surface area contributed by atoms with Gasteiger partial charge in [-0.1, -0.05) is 142 Å². The minimum Gasteiger partial charge on any atom is -0.354 e. The second kappa shape index (κ2) is 9.10. The van der Waals surface area contributed by atoms with Gasteiger partial charge in [-0.05, 0) is 83.8 Å². The lowest BCUT2D eigenvalue weighted by Gasteiger charge is -2.39. The summed E-state index contributed by atoms with van der Waals surface area (Å²) in [4.78, 5) is 0. The molecule has 0 spiro atoms. The number of anilines is 2. The predicted molar refractivity (Wildman–Crippen MR) is 218 cm³/mol. The molecule has 0 aliphatic carbocycles. The maximum Gasteiger partial charge on any atom is 0.197 e. The SMILES string of the molecule is CC1(C)c2cc3ccccc3cc2Nc2c(-c3c4c5c(c6ccccc36)c3c6ccccc6cc6c3n5-c3c(cccc3C6(C)C)[B]4)cccc21. The number of nitrogens with zero attached hydrogens (tertiary/aromatic N) is 1. The highest BCUT2D eigenvalue weighted by Gasteiger charge is 2.41. The first kappa shape index (κ1) is 28.0. The number of benzene rings is 8. The van der Waals surface area contributed by atoms with E-state index < -0.39 is 0 Å². The van der Waals surface area contributed by atoms with Crippen molar-refractivity contribution in [3.05, 3.63) is 150 Å². The Hall–Kier alpha value is -5.80. The summed E-state index contributed by atoms with van der Waals surface area (Å²) in [6, 6.07) is 48.0. The summed E-state index contributed by atoms with van der Waals surface area (Å²) in [7, 11) is 2.50. The van der Waals surface area contributed by atoms with Crippen molar-refractivity contribution in [1.29, 1.82) is 0 Å². The zero-order valence-electron chi connectivity index (χ0n) is 29.1. The first-order valence-electron chi connectivity index (χ1n) is 18.2. The highest BCUT2D eigenvalue weighted by molar-refractivity contribution is 6.74. The predicted octanol–water partition coefficient (Wildman–Crippen LogP) is 10.9. The van der Waals surface area contributed by atoms with E-state index in [-0.39, 0.29) is 10.8 Å². The van der Waals surface area contributed by atoms with Crippen LogP contribution in [0.15, 0.2) is 127 Å². The molecule has 1 radical (unpaired) electrons. The van der Waals surface area contributed by atoms with Crippen molar-refractivity contribution in [1.82, 2.24) is 4.57 Å². The fourth-order valence-electron chi connectivity index (χ4n) is 10.3. The summed E-state index contributed by atoms with van der Waals surface area (Å²) in [6.07, 6.45) is 0. The van der Waals surface area contributed by atoms with Crippen LogP contribution in [0.4, 0.5) is 11.4 Å². The molecule has 3 aliphatic heterocycles. The Bertz CT molecular complexity index is 3090. The Labute approximate surface area is 297 Å². The molecule has 0 fully saturated rings. The molecule has 3 aliphatic rings. The molecular weight excluding hydrogens is 615 g/mol. The van der Waals surface area contributed by atoms with E-state index in [1.54, 1.807) is 0 Å². The van der Waals surface area contributed by atoms with Crippen LogP contribution in [0, 0.1) is 0 Å². The van der Waals surface area contributed by atoms with Gasteiger partial charge >= 0.3 is 0 Å². The molecule has 12 rings (SSSR count). The smallest absolute Gasteiger partial charge is 0.197 e. The molecule has 0 atom stereocenters. The molecule has 239 valence electrons. The number of fused-ring (bicyclic) bond motifs is 8. The molecular formula is C48H34BN2. The molecule has 2 nitrogen and oxygen atoms in total. The Morgan fingerprint density at radius 1 is 0.529 bits per heavy atom. The summed E-state index contributed by atoms with van der Waals surface area (Å²) in [5.41, 5.74) is 16.7. The molecule has 51 heavy (non-hydrogen) atoms. The number of aromatic nitrogens is 1. The molecule has 3 heteroatoms. The van der Waals surface area contributed by atoms with Gasteiger partial charge in [0.25, 0.3) is 0 Å². The highest BCUT2D eigenvalue weighted by Crippen LogP contribution is 2.54. The van der Waals surface area contributed by atoms with Crippen LogP contribution in [0.5, 0.6) is 0 Å². The standard InChI is InChI=1S/C48H34BN2/c1-47(2)33-20-11-19-32(43(33)50-38-25-27-14-6-5-13-26(27)23-35(38)47)39-30-17-9-10-18-31(30)41-40-29-16-8-7-15-28(29)24-36-45(40)51-44-34(48(36,3)4)21-12-22-37(44)49-42(39)46(41)51/h5-25,50H,1-4H3. The lowest BCUT2D eigenvalue weighted by Crippen LogP contribution is -2.41. The van der Waals surface area contributed by atoms with E-state index in [0.29, 0.717) is 0 Å². The second-order valence-corrected chi connectivity index (χ2v) is 16.0. The number of hydrogen-bond acceptors (Lipinski definition) is 1. The van der Waals surface area contributed by atoms with E-state index in [0.717, 1.165) is 0 Å². The van der Waals surface area contributed by atoms with E-state index in [1.165, 1.54) is 115 Å². The first-order valence-corrected chi connectivity index (χ1v) is 18.2. The van der Waals surface area contributed by atoms with Gasteiger partial charge < -0.3 is 9.88 Å². The normalized spacial score (nSPS) is 15.7. The average molecular weight is 650 g/mol. The third-order valence-corrected chi connectivity index (χ3v) is 12.7. The molecule has 0 unspecified atom stereocenters. The van der Waals surface area contributed by atoms with Crippen molar-refractivity contribution < 1.29 is 0 Å². The second-order valence-electron chi connectivity index (χ2n) is 16.0. The lowest BCUT2D eigenvalue weighted by molar-refractivity contribution is 0.632. The molecule has 8 aromatic carbocycles. The van der Waals surface area contributed by atoms with Gasteiger partial charge in [-0.15, -0.1) is 0 Å². The summed E-state index contributed by atoms with van der Waals surface area (Å²) < 4.78 is 2.65. The quantitative estimate of drug-likeness (QED) is 0.175. The Morgan fingerprint density at radius 2 is 1.16 bits per heavy atom. The van der Waals surface area contributed by atoms with Crippen LogP contribution in [0.25, 0.3) is 70.9 Å². The van der Waals surface area contributed by atoms with Crippen LogP contribution in [-0.2, 0) is 10.8 Å². The summed E-state index contributed by atoms with van der Waals surface area (Å²) in [5.74, 6) is 0. The third kappa shape index (κ3) is 3.27. The largest absolute Gasteiger partial charge is 0.354 e. The van der Waals surface area contributed by atoms with Gasteiger partial charge in [0.1, 0.15) is 0 Å². The van der Waals surface area contributed by atoms with Crippen LogP contribution >= 0.6 is 0 Å². The van der Waals surface area contributed by atoms with E-state index in [9.17, 15) is 0 Å². The molecule has 4 heterocycles. The molecule has 0 amide bonds. The van der Waals surface area contributed by atoms with Crippen LogP contribution < -0.4 is 16.2 Å². The number of hydrogen-bond donors (Lipinski definition) is 1. The van der Waals surface area contributed by atoms with Crippen LogP contribution in [0.1, 0.15) is 49.9 Å². The Morgan fingerprint density at radius 3 is 1.98 bits per heavy atom.